The molecule has 0 amide bonds. The van der Waals surface area contributed by atoms with Crippen molar-refractivity contribution >= 4 is 53.0 Å². The highest BCUT2D eigenvalue weighted by Gasteiger charge is 2.49. The summed E-state index contributed by atoms with van der Waals surface area (Å²) in [6.45, 7) is 0.0790. The van der Waals surface area contributed by atoms with Crippen LogP contribution in [0.4, 0.5) is 45.4 Å². The molecular weight excluding hydrogens is 1320 g/mol. The molecule has 4 aromatic carbocycles. The average molecular weight is 1390 g/mol. The summed E-state index contributed by atoms with van der Waals surface area (Å²) in [4.78, 5) is 19.7. The number of aromatic nitrogens is 4. The second-order valence-corrected chi connectivity index (χ2v) is 27.9. The number of hydrogen-bond donors (Lipinski definition) is 0. The Balaban J connectivity index is 0.000000192. The molecule has 94 heavy (non-hydrogen) atoms. The lowest BCUT2D eigenvalue weighted by Gasteiger charge is -2.45. The summed E-state index contributed by atoms with van der Waals surface area (Å²) in [5, 5.41) is 3.45. The van der Waals surface area contributed by atoms with Crippen molar-refractivity contribution in [2.24, 2.45) is 11.8 Å². The molecule has 500 valence electrons. The highest BCUT2D eigenvalue weighted by Crippen LogP contribution is 2.51. The lowest BCUT2D eigenvalue weighted by Crippen LogP contribution is -2.44. The van der Waals surface area contributed by atoms with Gasteiger partial charge in [0.25, 0.3) is 20.0 Å². The van der Waals surface area contributed by atoms with Crippen LogP contribution in [0.5, 0.6) is 34.5 Å². The minimum Gasteiger partial charge on any atom is -0.497 e. The predicted molar refractivity (Wildman–Crippen MR) is 333 cm³/mol. The summed E-state index contributed by atoms with van der Waals surface area (Å²) in [5.41, 5.74) is 2.70. The molecule has 18 nitrogen and oxygen atoms in total. The summed E-state index contributed by atoms with van der Waals surface area (Å²) >= 11 is 2.14. The summed E-state index contributed by atoms with van der Waals surface area (Å²) in [5.74, 6) is -2.97. The largest absolute Gasteiger partial charge is 0.497 e. The van der Waals surface area contributed by atoms with Gasteiger partial charge in [0.05, 0.1) is 90.0 Å². The molecule has 0 unspecified atom stereocenters. The fraction of sp³-hybridized carbons (Fsp3) is 0.375. The third-order valence-corrected chi connectivity index (χ3v) is 22.6. The molecule has 12 rings (SSSR count). The second kappa shape index (κ2) is 28.2. The summed E-state index contributed by atoms with van der Waals surface area (Å²) in [7, 11) is -3.23. The monoisotopic (exact) mass is 1380 g/mol. The van der Waals surface area contributed by atoms with E-state index in [9.17, 15) is 43.2 Å². The van der Waals surface area contributed by atoms with Gasteiger partial charge in [-0.15, -0.1) is 22.7 Å². The lowest BCUT2D eigenvalue weighted by atomic mass is 9.85. The Hall–Kier alpha value is -7.90. The molecule has 4 aromatic heterocycles. The third-order valence-electron chi connectivity index (χ3n) is 17.2. The quantitative estimate of drug-likeness (QED) is 0.0737. The van der Waals surface area contributed by atoms with E-state index in [2.05, 4.69) is 19.9 Å². The van der Waals surface area contributed by atoms with Crippen LogP contribution in [0.1, 0.15) is 96.3 Å². The number of anilines is 2. The van der Waals surface area contributed by atoms with E-state index in [0.29, 0.717) is 69.5 Å². The lowest BCUT2D eigenvalue weighted by molar-refractivity contribution is -0.193. The van der Waals surface area contributed by atoms with Crippen LogP contribution in [0.2, 0.25) is 0 Å². The summed E-state index contributed by atoms with van der Waals surface area (Å²) in [6, 6.07) is 22.3. The number of pyridine rings is 2. The van der Waals surface area contributed by atoms with Crippen LogP contribution in [0.3, 0.4) is 0 Å². The Morgan fingerprint density at radius 3 is 1.28 bits per heavy atom. The van der Waals surface area contributed by atoms with Crippen molar-refractivity contribution in [3.8, 4) is 34.5 Å². The van der Waals surface area contributed by atoms with Gasteiger partial charge in [-0.3, -0.25) is 19.8 Å². The highest BCUT2D eigenvalue weighted by molar-refractivity contribution is 7.93. The Labute approximate surface area is 545 Å². The molecule has 4 aliphatic rings. The first-order chi connectivity index (χ1) is 45.0. The van der Waals surface area contributed by atoms with Crippen molar-refractivity contribution in [3.05, 3.63) is 178 Å². The third kappa shape index (κ3) is 14.2. The number of halogens is 8. The van der Waals surface area contributed by atoms with Crippen LogP contribution < -0.4 is 37.0 Å². The molecule has 0 radical (unpaired) electrons. The van der Waals surface area contributed by atoms with Crippen molar-refractivity contribution in [1.82, 2.24) is 29.7 Å². The number of sulfonamides is 2. The molecule has 6 atom stereocenters. The topological polar surface area (TPSA) is 188 Å². The van der Waals surface area contributed by atoms with Crippen molar-refractivity contribution in [1.29, 1.82) is 0 Å². The Morgan fingerprint density at radius 2 is 0.936 bits per heavy atom. The molecule has 0 spiro atoms. The van der Waals surface area contributed by atoms with Crippen molar-refractivity contribution in [2.45, 2.75) is 97.9 Å². The zero-order valence-electron chi connectivity index (χ0n) is 51.0. The number of rotatable bonds is 18. The Bertz CT molecular complexity index is 3890. The van der Waals surface area contributed by atoms with Gasteiger partial charge in [-0.05, 0) is 86.3 Å². The number of nitrogens with zero attached hydrogens (tertiary/aromatic N) is 8. The normalized spacial score (nSPS) is 20.3. The molecule has 8 heterocycles. The van der Waals surface area contributed by atoms with Crippen LogP contribution in [-0.4, -0.2) is 114 Å². The fourth-order valence-corrected chi connectivity index (χ4v) is 17.2. The minimum atomic E-state index is -4.56. The number of ether oxygens (including phenoxy) is 6. The number of alkyl halides is 6. The van der Waals surface area contributed by atoms with Gasteiger partial charge in [-0.25, -0.2) is 44.2 Å². The second-order valence-electron chi connectivity index (χ2n) is 22.5. The molecule has 0 bridgehead atoms. The first-order valence-electron chi connectivity index (χ1n) is 29.7. The molecule has 0 aliphatic carbocycles. The highest BCUT2D eigenvalue weighted by atomic mass is 32.2. The predicted octanol–water partition coefficient (Wildman–Crippen LogP) is 13.9. The van der Waals surface area contributed by atoms with Crippen LogP contribution in [-0.2, 0) is 33.1 Å². The van der Waals surface area contributed by atoms with E-state index in [1.54, 1.807) is 83.6 Å². The average Bonchev–Trinajstić information content (AvgIpc) is 1.52. The van der Waals surface area contributed by atoms with Gasteiger partial charge in [0.2, 0.25) is 0 Å². The molecule has 0 N–H and O–H groups in total. The maximum Gasteiger partial charge on any atom is 0.391 e. The van der Waals surface area contributed by atoms with Crippen LogP contribution in [0.15, 0.2) is 142 Å². The zero-order chi connectivity index (χ0) is 66.7. The fourth-order valence-electron chi connectivity index (χ4n) is 12.6. The van der Waals surface area contributed by atoms with Crippen LogP contribution >= 0.6 is 22.7 Å². The van der Waals surface area contributed by atoms with E-state index in [0.717, 1.165) is 55.5 Å². The maximum atomic E-state index is 16.1. The van der Waals surface area contributed by atoms with E-state index in [-0.39, 0.29) is 86.8 Å². The molecule has 30 heteroatoms. The molecule has 2 saturated heterocycles. The van der Waals surface area contributed by atoms with E-state index < -0.39 is 89.8 Å². The maximum absolute atomic E-state index is 16.1. The van der Waals surface area contributed by atoms with Crippen molar-refractivity contribution < 1.29 is 80.4 Å². The van der Waals surface area contributed by atoms with Crippen molar-refractivity contribution in [3.63, 3.8) is 0 Å². The zero-order valence-corrected chi connectivity index (χ0v) is 54.2. The van der Waals surface area contributed by atoms with Gasteiger partial charge in [0, 0.05) is 120 Å². The van der Waals surface area contributed by atoms with Gasteiger partial charge < -0.3 is 28.4 Å². The van der Waals surface area contributed by atoms with Gasteiger partial charge >= 0.3 is 12.4 Å². The number of likely N-dealkylation sites (tertiary alicyclic amines) is 2. The van der Waals surface area contributed by atoms with Gasteiger partial charge in [0.1, 0.15) is 55.9 Å². The number of piperidine rings is 2. The van der Waals surface area contributed by atoms with Gasteiger partial charge in [-0.1, -0.05) is 12.1 Å². The number of methoxy groups -OCH3 is 4. The first kappa shape index (κ1) is 67.5. The molecule has 2 fully saturated rings. The smallest absolute Gasteiger partial charge is 0.391 e. The van der Waals surface area contributed by atoms with Gasteiger partial charge in [-0.2, -0.15) is 26.3 Å². The van der Waals surface area contributed by atoms with E-state index >= 15 is 8.78 Å². The number of thiazole rings is 2. The molecular formula is C64H64F8N8O10S4. The van der Waals surface area contributed by atoms with Crippen molar-refractivity contribution in [2.75, 3.05) is 63.4 Å². The number of fused-ring (bicyclic) bond motifs is 2. The molecule has 8 aromatic rings. The molecule has 0 saturated carbocycles. The van der Waals surface area contributed by atoms with Crippen LogP contribution in [0, 0.1) is 23.5 Å². The first-order valence-corrected chi connectivity index (χ1v) is 34.3. The van der Waals surface area contributed by atoms with Crippen LogP contribution in [0.25, 0.3) is 0 Å². The van der Waals surface area contributed by atoms with E-state index in [4.69, 9.17) is 28.4 Å². The Morgan fingerprint density at radius 1 is 0.521 bits per heavy atom. The SMILES string of the molecule is COc1ccc(CN(c2nccs2)S(=O)(=O)c2cc3c(cc2F)[C@@H](N2CC[C@@H](C(F)(F)F)C[C@H]2c2ccccn2)CCO3)c(OC)c1.COc1ccc(CN(c2nccs2)S(=O)(=O)c2cc3c(cc2F)[C@H](N2CC[C@@H](C(F)(F)F)C[C@H]2c2ccccn2)CCO3)c(OC)c1. The van der Waals surface area contributed by atoms with Gasteiger partial charge in [0.15, 0.2) is 10.3 Å². The molecule has 4 aliphatic heterocycles. The standard InChI is InChI=1S/2C32H32F4N4O5S2/c2*1-43-22-7-6-20(28(16-22)44-2)19-40(31-38-11-14-46-31)47(41,42)30-18-29-23(17-24(30)33)26(9-13-45-29)39-12-8-21(32(34,35)36)15-27(39)25-5-3-4-10-37-25/h2*3-7,10-11,14,16-18,21,26-27H,8-9,12-13,15,19H2,1-2H3/t21-,26+,27+;21-,26-,27+/m11/s1. The Kier molecular flexibility index (Phi) is 20.3. The number of hydrogen-bond acceptors (Lipinski definition) is 18. The summed E-state index contributed by atoms with van der Waals surface area (Å²) < 4.78 is 207. The van der Waals surface area contributed by atoms with E-state index in [1.807, 2.05) is 9.80 Å². The van der Waals surface area contributed by atoms with E-state index in [1.165, 1.54) is 53.2 Å². The summed E-state index contributed by atoms with van der Waals surface area (Å²) in [6.07, 6.45) is -2.62. The number of benzene rings is 4. The minimum absolute atomic E-state index is 0.0959.